The summed E-state index contributed by atoms with van der Waals surface area (Å²) in [5.74, 6) is -1.07. The smallest absolute Gasteiger partial charge is 0.375 e. The van der Waals surface area contributed by atoms with Gasteiger partial charge >= 0.3 is 12.4 Å². The third-order valence-corrected chi connectivity index (χ3v) is 6.89. The number of carbonyl (C=O) groups is 2. The van der Waals surface area contributed by atoms with E-state index in [1.54, 1.807) is 5.10 Å². The molecule has 4 rings (SSSR count). The van der Waals surface area contributed by atoms with Crippen LogP contribution in [0, 0.1) is 0 Å². The lowest BCUT2D eigenvalue weighted by atomic mass is 10.0. The summed E-state index contributed by atoms with van der Waals surface area (Å²) in [6.45, 7) is 0.887. The molecule has 0 spiro atoms. The number of H-pyrrole nitrogens is 1. The van der Waals surface area contributed by atoms with Gasteiger partial charge in [-0.1, -0.05) is 0 Å². The molecule has 4 heterocycles. The van der Waals surface area contributed by atoms with Gasteiger partial charge < -0.3 is 19.4 Å². The second-order valence-corrected chi connectivity index (χ2v) is 9.93. The van der Waals surface area contributed by atoms with Gasteiger partial charge in [0.25, 0.3) is 11.5 Å². The lowest BCUT2D eigenvalue weighted by molar-refractivity contribution is -0.142. The van der Waals surface area contributed by atoms with Gasteiger partial charge in [-0.15, -0.1) is 22.8 Å². The van der Waals surface area contributed by atoms with Crippen molar-refractivity contribution in [3.05, 3.63) is 33.9 Å². The van der Waals surface area contributed by atoms with Crippen LogP contribution in [-0.2, 0) is 26.7 Å². The van der Waals surface area contributed by atoms with Crippen molar-refractivity contribution < 1.29 is 40.7 Å². The van der Waals surface area contributed by atoms with Crippen LogP contribution in [0.5, 0.6) is 0 Å². The van der Waals surface area contributed by atoms with Crippen molar-refractivity contribution in [2.24, 2.45) is 4.99 Å². The SMILES string of the molecule is CC(COCCC(=O)N1CCN2c3nnc(C(F)(F)F)cc3N(C)C(=O)[C@@]2(S)C1)=Nc1cn[nH]c(=O)c1C(F)(F)F. The van der Waals surface area contributed by atoms with Crippen LogP contribution in [-0.4, -0.2) is 87.6 Å². The first-order chi connectivity index (χ1) is 19.0. The lowest BCUT2D eigenvalue weighted by Crippen LogP contribution is -2.69. The molecule has 0 saturated carbocycles. The quantitative estimate of drug-likeness (QED) is 0.220. The van der Waals surface area contributed by atoms with Crippen LogP contribution in [0.25, 0.3) is 0 Å². The molecule has 0 radical (unpaired) electrons. The number of hydrogen-bond acceptors (Lipinski definition) is 10. The van der Waals surface area contributed by atoms with Gasteiger partial charge in [0, 0.05) is 25.8 Å². The third kappa shape index (κ3) is 5.99. The summed E-state index contributed by atoms with van der Waals surface area (Å²) < 4.78 is 84.2. The topological polar surface area (TPSA) is 137 Å². The van der Waals surface area contributed by atoms with Crippen molar-refractivity contribution in [3.8, 4) is 0 Å². The predicted octanol–water partition coefficient (Wildman–Crippen LogP) is 2.05. The number of nitrogens with zero attached hydrogens (tertiary/aromatic N) is 7. The van der Waals surface area contributed by atoms with E-state index in [-0.39, 0.29) is 56.5 Å². The molecule has 0 aromatic carbocycles. The zero-order valence-corrected chi connectivity index (χ0v) is 22.3. The van der Waals surface area contributed by atoms with E-state index in [4.69, 9.17) is 4.74 Å². The molecule has 0 unspecified atom stereocenters. The Labute approximate surface area is 232 Å². The average Bonchev–Trinajstić information content (AvgIpc) is 2.88. The summed E-state index contributed by atoms with van der Waals surface area (Å²) in [4.78, 5) is 43.5. The van der Waals surface area contributed by atoms with Crippen LogP contribution in [0.3, 0.4) is 0 Å². The molecule has 0 bridgehead atoms. The van der Waals surface area contributed by atoms with Gasteiger partial charge in [0.2, 0.25) is 5.91 Å². The number of fused-ring (bicyclic) bond motifs is 3. The minimum absolute atomic E-state index is 0.0181. The van der Waals surface area contributed by atoms with Crippen molar-refractivity contribution in [2.75, 3.05) is 49.7 Å². The summed E-state index contributed by atoms with van der Waals surface area (Å²) in [5, 5.41) is 12.0. The van der Waals surface area contributed by atoms with E-state index in [9.17, 15) is 40.7 Å². The Balaban J connectivity index is 1.37. The molecule has 0 aliphatic carbocycles. The number of nitrogens with one attached hydrogen (secondary N) is 1. The summed E-state index contributed by atoms with van der Waals surface area (Å²) in [5.41, 5.74) is -4.89. The van der Waals surface area contributed by atoms with E-state index in [1.807, 2.05) is 0 Å². The van der Waals surface area contributed by atoms with Gasteiger partial charge in [-0.25, -0.2) is 5.10 Å². The van der Waals surface area contributed by atoms with Crippen molar-refractivity contribution in [1.82, 2.24) is 25.3 Å². The van der Waals surface area contributed by atoms with Crippen LogP contribution in [0.4, 0.5) is 43.5 Å². The fraction of sp³-hybridized carbons (Fsp3) is 0.500. The first-order valence-corrected chi connectivity index (χ1v) is 12.3. The van der Waals surface area contributed by atoms with E-state index >= 15 is 0 Å². The molecule has 1 saturated heterocycles. The van der Waals surface area contributed by atoms with Crippen molar-refractivity contribution in [3.63, 3.8) is 0 Å². The van der Waals surface area contributed by atoms with Crippen molar-refractivity contribution in [2.45, 2.75) is 30.6 Å². The maximum absolute atomic E-state index is 13.2. The highest BCUT2D eigenvalue weighted by Crippen LogP contribution is 2.43. The molecule has 1 N–H and O–H groups in total. The number of amides is 2. The van der Waals surface area contributed by atoms with Gasteiger partial charge in [0.05, 0.1) is 38.1 Å². The molecule has 41 heavy (non-hydrogen) atoms. The first-order valence-electron chi connectivity index (χ1n) is 11.8. The number of rotatable bonds is 6. The van der Waals surface area contributed by atoms with Crippen LogP contribution < -0.4 is 15.4 Å². The Morgan fingerprint density at radius 2 is 1.88 bits per heavy atom. The Kier molecular flexibility index (Phi) is 8.05. The third-order valence-electron chi connectivity index (χ3n) is 6.32. The second-order valence-electron chi connectivity index (χ2n) is 9.19. The number of aromatic nitrogens is 4. The Hall–Kier alpha value is -3.74. The van der Waals surface area contributed by atoms with E-state index in [2.05, 4.69) is 32.9 Å². The molecule has 2 aliphatic heterocycles. The summed E-state index contributed by atoms with van der Waals surface area (Å²) >= 11 is 4.51. The average molecular weight is 609 g/mol. The zero-order valence-electron chi connectivity index (χ0n) is 21.4. The number of halogens is 6. The van der Waals surface area contributed by atoms with Crippen molar-refractivity contribution in [1.29, 1.82) is 0 Å². The summed E-state index contributed by atoms with van der Waals surface area (Å²) in [6.07, 6.45) is -9.12. The van der Waals surface area contributed by atoms with Gasteiger partial charge in [0.15, 0.2) is 16.4 Å². The molecule has 2 aromatic rings. The molecule has 1 fully saturated rings. The van der Waals surface area contributed by atoms with Crippen LogP contribution in [0.1, 0.15) is 24.6 Å². The molecular weight excluding hydrogens is 586 g/mol. The predicted molar refractivity (Wildman–Crippen MR) is 134 cm³/mol. The number of alkyl halides is 6. The Bertz CT molecular complexity index is 1450. The molecule has 2 aliphatic rings. The van der Waals surface area contributed by atoms with Gasteiger partial charge in [-0.3, -0.25) is 19.4 Å². The minimum Gasteiger partial charge on any atom is -0.375 e. The minimum atomic E-state index is -4.95. The van der Waals surface area contributed by atoms with Crippen LogP contribution in [0.15, 0.2) is 22.1 Å². The highest BCUT2D eigenvalue weighted by Gasteiger charge is 2.53. The molecular formula is C22H22F6N8O4S. The fourth-order valence-electron chi connectivity index (χ4n) is 4.37. The molecule has 12 nitrogen and oxygen atoms in total. The summed E-state index contributed by atoms with van der Waals surface area (Å²) in [7, 11) is 1.27. The maximum atomic E-state index is 13.2. The fourth-order valence-corrected chi connectivity index (χ4v) is 4.88. The van der Waals surface area contributed by atoms with Gasteiger partial charge in [-0.2, -0.15) is 31.4 Å². The van der Waals surface area contributed by atoms with E-state index in [0.29, 0.717) is 0 Å². The number of likely N-dealkylation sites (N-methyl/N-ethyl adjacent to an activating group) is 1. The number of anilines is 2. The van der Waals surface area contributed by atoms with Gasteiger partial charge in [0.1, 0.15) is 11.3 Å². The lowest BCUT2D eigenvalue weighted by Gasteiger charge is -2.51. The monoisotopic (exact) mass is 608 g/mol. The number of thiol groups is 1. The van der Waals surface area contributed by atoms with Crippen molar-refractivity contribution >= 4 is 47.3 Å². The number of carbonyl (C=O) groups excluding carboxylic acids is 2. The van der Waals surface area contributed by atoms with E-state index in [1.165, 1.54) is 23.8 Å². The maximum Gasteiger partial charge on any atom is 0.435 e. The molecule has 19 heteroatoms. The van der Waals surface area contributed by atoms with E-state index in [0.717, 1.165) is 17.2 Å². The van der Waals surface area contributed by atoms with Crippen LogP contribution in [0.2, 0.25) is 0 Å². The highest BCUT2D eigenvalue weighted by molar-refractivity contribution is 7.83. The second kappa shape index (κ2) is 10.9. The Morgan fingerprint density at radius 3 is 2.54 bits per heavy atom. The molecule has 222 valence electrons. The Morgan fingerprint density at radius 1 is 1.17 bits per heavy atom. The molecule has 2 amide bonds. The highest BCUT2D eigenvalue weighted by atomic mass is 32.1. The normalized spacial score (nSPS) is 19.8. The summed E-state index contributed by atoms with van der Waals surface area (Å²) in [6, 6.07) is 0.726. The van der Waals surface area contributed by atoms with Gasteiger partial charge in [-0.05, 0) is 13.0 Å². The largest absolute Gasteiger partial charge is 0.435 e. The molecule has 2 aromatic heterocycles. The number of ether oxygens (including phenoxy) is 1. The first kappa shape index (κ1) is 30.2. The number of aliphatic imine (C=N–C) groups is 1. The zero-order chi connectivity index (χ0) is 30.3. The van der Waals surface area contributed by atoms with E-state index < -0.39 is 51.5 Å². The number of hydrogen-bond donors (Lipinski definition) is 2. The standard InChI is InChI=1S/C22H22F6N8O4S/c1-11(30-12-8-29-33-18(38)16(12)22(26,27)28)9-40-6-3-15(37)35-4-5-36-17-13(7-14(31-32-17)21(23,24)25)34(2)19(39)20(36,41)10-35/h7-8,41H,3-6,9-10H2,1-2H3,(H,33,38)/t20-/m0/s1. The molecule has 1 atom stereocenters. The number of aromatic amines is 1. The number of piperazine rings is 1. The van der Waals surface area contributed by atoms with Crippen LogP contribution >= 0.6 is 12.6 Å².